The number of para-hydroxylation sites is 1. The second-order valence-electron chi connectivity index (χ2n) is 6.04. The van der Waals surface area contributed by atoms with Crippen molar-refractivity contribution < 1.29 is 14.3 Å². The highest BCUT2D eigenvalue weighted by atomic mass is 35.5. The molecule has 2 amide bonds. The summed E-state index contributed by atoms with van der Waals surface area (Å²) in [5, 5.41) is 6.55. The van der Waals surface area contributed by atoms with Crippen LogP contribution in [-0.4, -0.2) is 18.4 Å². The molecule has 2 N–H and O–H groups in total. The number of carbonyl (C=O) groups is 2. The van der Waals surface area contributed by atoms with Crippen LogP contribution in [0.1, 0.15) is 10.4 Å². The molecule has 0 aliphatic rings. The Balaban J connectivity index is 1.58. The Kier molecular flexibility index (Phi) is 7.45. The van der Waals surface area contributed by atoms with Gasteiger partial charge in [0, 0.05) is 10.6 Å². The van der Waals surface area contributed by atoms with E-state index in [1.54, 1.807) is 48.5 Å². The first-order valence-corrected chi connectivity index (χ1v) is 10.1. The van der Waals surface area contributed by atoms with Gasteiger partial charge in [-0.3, -0.25) is 9.59 Å². The molecule has 0 aliphatic carbocycles. The monoisotopic (exact) mass is 482 g/mol. The van der Waals surface area contributed by atoms with Gasteiger partial charge in [-0.25, -0.2) is 0 Å². The third-order valence-corrected chi connectivity index (χ3v) is 5.02. The molecule has 30 heavy (non-hydrogen) atoms. The molecular weight excluding hydrogens is 470 g/mol. The maximum Gasteiger partial charge on any atom is 0.262 e. The maximum atomic E-state index is 12.4. The molecule has 9 heteroatoms. The zero-order valence-corrected chi connectivity index (χ0v) is 18.2. The molecular formula is C21H14Cl4N2O3. The number of rotatable bonds is 6. The molecule has 0 saturated carbocycles. The van der Waals surface area contributed by atoms with E-state index in [1.807, 2.05) is 0 Å². The fourth-order valence-electron chi connectivity index (χ4n) is 2.45. The lowest BCUT2D eigenvalue weighted by molar-refractivity contribution is -0.118. The molecule has 0 saturated heterocycles. The number of benzene rings is 3. The smallest absolute Gasteiger partial charge is 0.262 e. The zero-order chi connectivity index (χ0) is 21.7. The average molecular weight is 484 g/mol. The third-order valence-electron chi connectivity index (χ3n) is 3.88. The summed E-state index contributed by atoms with van der Waals surface area (Å²) in [5.41, 5.74) is 1.12. The van der Waals surface area contributed by atoms with E-state index in [0.29, 0.717) is 27.0 Å². The van der Waals surface area contributed by atoms with Gasteiger partial charge < -0.3 is 15.4 Å². The number of amides is 2. The molecule has 0 fully saturated rings. The molecule has 0 aromatic heterocycles. The van der Waals surface area contributed by atoms with Crippen LogP contribution >= 0.6 is 46.4 Å². The first-order chi connectivity index (χ1) is 14.3. The van der Waals surface area contributed by atoms with Crippen LogP contribution in [-0.2, 0) is 4.79 Å². The summed E-state index contributed by atoms with van der Waals surface area (Å²) >= 11 is 24.0. The summed E-state index contributed by atoms with van der Waals surface area (Å²) in [6.07, 6.45) is 0. The minimum absolute atomic E-state index is 0.216. The SMILES string of the molecule is O=C(COc1ccc(C(=O)Nc2c(Cl)cc(Cl)cc2Cl)cc1)Nc1ccccc1Cl. The number of nitrogens with one attached hydrogen (secondary N) is 2. The molecule has 0 unspecified atom stereocenters. The van der Waals surface area contributed by atoms with Crippen molar-refractivity contribution in [1.82, 2.24) is 0 Å². The predicted octanol–water partition coefficient (Wildman–Crippen LogP) is 6.57. The summed E-state index contributed by atoms with van der Waals surface area (Å²) in [6.45, 7) is -0.216. The van der Waals surface area contributed by atoms with Crippen molar-refractivity contribution in [3.63, 3.8) is 0 Å². The zero-order valence-electron chi connectivity index (χ0n) is 15.2. The van der Waals surface area contributed by atoms with Gasteiger partial charge in [-0.2, -0.15) is 0 Å². The van der Waals surface area contributed by atoms with Crippen LogP contribution in [0.2, 0.25) is 20.1 Å². The molecule has 3 aromatic carbocycles. The maximum absolute atomic E-state index is 12.4. The Labute approximate surface area is 192 Å². The molecule has 5 nitrogen and oxygen atoms in total. The first kappa shape index (κ1) is 22.2. The van der Waals surface area contributed by atoms with Gasteiger partial charge in [-0.1, -0.05) is 58.5 Å². The number of halogens is 4. The van der Waals surface area contributed by atoms with E-state index >= 15 is 0 Å². The summed E-state index contributed by atoms with van der Waals surface area (Å²) in [7, 11) is 0. The van der Waals surface area contributed by atoms with E-state index in [9.17, 15) is 9.59 Å². The van der Waals surface area contributed by atoms with Crippen molar-refractivity contribution in [2.45, 2.75) is 0 Å². The van der Waals surface area contributed by atoms with Crippen LogP contribution in [0.25, 0.3) is 0 Å². The van der Waals surface area contributed by atoms with Crippen LogP contribution < -0.4 is 15.4 Å². The van der Waals surface area contributed by atoms with Gasteiger partial charge in [0.15, 0.2) is 6.61 Å². The van der Waals surface area contributed by atoms with Gasteiger partial charge in [0.1, 0.15) is 5.75 Å². The van der Waals surface area contributed by atoms with Crippen LogP contribution in [0.15, 0.2) is 60.7 Å². The largest absolute Gasteiger partial charge is 0.484 e. The van der Waals surface area contributed by atoms with Gasteiger partial charge >= 0.3 is 0 Å². The lowest BCUT2D eigenvalue weighted by atomic mass is 10.2. The van der Waals surface area contributed by atoms with Crippen LogP contribution in [0.3, 0.4) is 0 Å². The second-order valence-corrected chi connectivity index (χ2v) is 7.70. The number of ether oxygens (including phenoxy) is 1. The molecule has 0 spiro atoms. The Bertz CT molecular complexity index is 1060. The lowest BCUT2D eigenvalue weighted by Crippen LogP contribution is -2.20. The first-order valence-electron chi connectivity index (χ1n) is 8.56. The highest BCUT2D eigenvalue weighted by Crippen LogP contribution is 2.34. The summed E-state index contributed by atoms with van der Waals surface area (Å²) in [4.78, 5) is 24.4. The topological polar surface area (TPSA) is 67.4 Å². The molecule has 0 radical (unpaired) electrons. The van der Waals surface area contributed by atoms with E-state index in [4.69, 9.17) is 51.1 Å². The number of carbonyl (C=O) groups excluding carboxylic acids is 2. The predicted molar refractivity (Wildman–Crippen MR) is 121 cm³/mol. The van der Waals surface area contributed by atoms with E-state index < -0.39 is 5.91 Å². The molecule has 154 valence electrons. The van der Waals surface area contributed by atoms with Gasteiger partial charge in [-0.05, 0) is 48.5 Å². The van der Waals surface area contributed by atoms with Crippen molar-refractivity contribution >= 4 is 69.6 Å². The normalized spacial score (nSPS) is 10.4. The second kappa shape index (κ2) is 10.0. The molecule has 0 aliphatic heterocycles. The quantitative estimate of drug-likeness (QED) is 0.416. The highest BCUT2D eigenvalue weighted by Gasteiger charge is 2.13. The molecule has 3 aromatic rings. The number of anilines is 2. The van der Waals surface area contributed by atoms with Crippen molar-refractivity contribution in [3.05, 3.63) is 86.3 Å². The summed E-state index contributed by atoms with van der Waals surface area (Å²) < 4.78 is 5.44. The Hall–Kier alpha value is -2.44. The fourth-order valence-corrected chi connectivity index (χ4v) is 3.54. The van der Waals surface area contributed by atoms with Crippen molar-refractivity contribution in [1.29, 1.82) is 0 Å². The minimum atomic E-state index is -0.413. The van der Waals surface area contributed by atoms with E-state index in [1.165, 1.54) is 12.1 Å². The molecule has 0 atom stereocenters. The Morgan fingerprint density at radius 3 is 2.07 bits per heavy atom. The van der Waals surface area contributed by atoms with Gasteiger partial charge in [0.2, 0.25) is 0 Å². The Morgan fingerprint density at radius 2 is 1.43 bits per heavy atom. The van der Waals surface area contributed by atoms with Gasteiger partial charge in [-0.15, -0.1) is 0 Å². The van der Waals surface area contributed by atoms with E-state index in [2.05, 4.69) is 10.6 Å². The highest BCUT2D eigenvalue weighted by molar-refractivity contribution is 6.42. The number of hydrogen-bond donors (Lipinski definition) is 2. The minimum Gasteiger partial charge on any atom is -0.484 e. The Morgan fingerprint density at radius 1 is 0.800 bits per heavy atom. The van der Waals surface area contributed by atoms with E-state index in [-0.39, 0.29) is 28.2 Å². The molecule has 3 rings (SSSR count). The number of hydrogen-bond acceptors (Lipinski definition) is 3. The summed E-state index contributed by atoms with van der Waals surface area (Å²) in [6, 6.07) is 16.1. The van der Waals surface area contributed by atoms with Crippen LogP contribution in [0, 0.1) is 0 Å². The van der Waals surface area contributed by atoms with Crippen LogP contribution in [0.5, 0.6) is 5.75 Å². The van der Waals surface area contributed by atoms with Crippen molar-refractivity contribution in [2.75, 3.05) is 17.2 Å². The van der Waals surface area contributed by atoms with Gasteiger partial charge in [0.25, 0.3) is 11.8 Å². The molecule has 0 bridgehead atoms. The third kappa shape index (κ3) is 5.80. The fraction of sp³-hybridized carbons (Fsp3) is 0.0476. The summed E-state index contributed by atoms with van der Waals surface area (Å²) in [5.74, 6) is -0.357. The van der Waals surface area contributed by atoms with Crippen molar-refractivity contribution in [3.8, 4) is 5.75 Å². The van der Waals surface area contributed by atoms with Crippen molar-refractivity contribution in [2.24, 2.45) is 0 Å². The van der Waals surface area contributed by atoms with E-state index in [0.717, 1.165) is 0 Å². The standard InChI is InChI=1S/C21H14Cl4N2O3/c22-13-9-16(24)20(17(25)10-13)27-21(29)12-5-7-14(8-6-12)30-11-19(28)26-18-4-2-1-3-15(18)23/h1-10H,11H2,(H,26,28)(H,27,29). The lowest BCUT2D eigenvalue weighted by Gasteiger charge is -2.11. The average Bonchev–Trinajstić information content (AvgIpc) is 2.71. The van der Waals surface area contributed by atoms with Gasteiger partial charge in [0.05, 0.1) is 26.4 Å². The van der Waals surface area contributed by atoms with Crippen LogP contribution in [0.4, 0.5) is 11.4 Å². The molecule has 0 heterocycles.